The average Bonchev–Trinajstić information content (AvgIpc) is 2.80. The lowest BCUT2D eigenvalue weighted by Gasteiger charge is -2.30. The summed E-state index contributed by atoms with van der Waals surface area (Å²) in [7, 11) is 0. The van der Waals surface area contributed by atoms with Gasteiger partial charge in [0.1, 0.15) is 5.75 Å². The van der Waals surface area contributed by atoms with Gasteiger partial charge in [0, 0.05) is 31.2 Å². The van der Waals surface area contributed by atoms with Crippen LogP contribution < -0.4 is 15.4 Å². The number of nitrogens with one attached hydrogen (secondary N) is 2. The monoisotopic (exact) mass is 441 g/mol. The molecule has 0 aliphatic carbocycles. The Hall–Kier alpha value is -2.08. The number of carbonyl (C=O) groups excluding carboxylic acids is 1. The lowest BCUT2D eigenvalue weighted by Crippen LogP contribution is -2.48. The zero-order valence-electron chi connectivity index (χ0n) is 18.0. The van der Waals surface area contributed by atoms with Gasteiger partial charge in [-0.3, -0.25) is 9.69 Å². The molecule has 1 saturated heterocycles. The highest BCUT2D eigenvalue weighted by Gasteiger charge is 2.29. The van der Waals surface area contributed by atoms with Gasteiger partial charge in [-0.25, -0.2) is 0 Å². The van der Waals surface area contributed by atoms with E-state index in [-0.39, 0.29) is 11.9 Å². The molecule has 2 aliphatic rings. The number of hydrogen-bond donors (Lipinski definition) is 2. The van der Waals surface area contributed by atoms with Gasteiger partial charge in [-0.2, -0.15) is 0 Å². The molecule has 166 valence electrons. The van der Waals surface area contributed by atoms with Crippen LogP contribution in [0.3, 0.4) is 0 Å². The number of amides is 1. The summed E-state index contributed by atoms with van der Waals surface area (Å²) < 4.78 is 6.23. The van der Waals surface area contributed by atoms with Crippen LogP contribution in [0.5, 0.6) is 5.75 Å². The molecule has 0 spiro atoms. The molecule has 2 heterocycles. The minimum Gasteiger partial charge on any atom is -0.493 e. The first kappa shape index (κ1) is 22.1. The van der Waals surface area contributed by atoms with Crippen molar-refractivity contribution < 1.29 is 9.53 Å². The molecule has 0 radical (unpaired) electrons. The summed E-state index contributed by atoms with van der Waals surface area (Å²) in [5.41, 5.74) is 2.48. The first-order valence-corrected chi connectivity index (χ1v) is 11.8. The van der Waals surface area contributed by atoms with E-state index < -0.39 is 0 Å². The van der Waals surface area contributed by atoms with Gasteiger partial charge in [-0.1, -0.05) is 41.9 Å². The lowest BCUT2D eigenvalue weighted by molar-refractivity contribution is -0.123. The number of hydrogen-bond acceptors (Lipinski definition) is 4. The molecule has 0 unspecified atom stereocenters. The van der Waals surface area contributed by atoms with Crippen LogP contribution in [0.25, 0.3) is 0 Å². The molecule has 2 N–H and O–H groups in total. The molecule has 6 heteroatoms. The van der Waals surface area contributed by atoms with Crippen molar-refractivity contribution in [2.24, 2.45) is 0 Å². The topological polar surface area (TPSA) is 53.6 Å². The Kier molecular flexibility index (Phi) is 7.84. The predicted molar refractivity (Wildman–Crippen MR) is 125 cm³/mol. The van der Waals surface area contributed by atoms with E-state index >= 15 is 0 Å². The highest BCUT2D eigenvalue weighted by atomic mass is 35.5. The maximum absolute atomic E-state index is 12.7. The van der Waals surface area contributed by atoms with Crippen molar-refractivity contribution in [3.8, 4) is 5.75 Å². The fourth-order valence-electron chi connectivity index (χ4n) is 4.57. The second-order valence-electron chi connectivity index (χ2n) is 8.52. The largest absolute Gasteiger partial charge is 0.493 e. The van der Waals surface area contributed by atoms with Gasteiger partial charge in [0.25, 0.3) is 0 Å². The van der Waals surface area contributed by atoms with E-state index in [2.05, 4.69) is 45.9 Å². The molecule has 2 atom stereocenters. The number of piperidine rings is 1. The standard InChI is InChI=1S/C25H32ClN3O2/c26-21-9-7-19(8-10-21)18-29-14-3-12-28-25(30)23-17-20(11-13-27-23)22-5-1-2-6-24(22)31-16-4-15-29/h1-2,5-10,20,23,27H,3-4,11-18H2,(H,28,30)/t20-,23+/m1/s1. The molecule has 2 aliphatic heterocycles. The highest BCUT2D eigenvalue weighted by molar-refractivity contribution is 6.30. The van der Waals surface area contributed by atoms with Crippen LogP contribution in [0.2, 0.25) is 5.02 Å². The summed E-state index contributed by atoms with van der Waals surface area (Å²) in [5.74, 6) is 1.43. The second-order valence-corrected chi connectivity index (χ2v) is 8.95. The summed E-state index contributed by atoms with van der Waals surface area (Å²) in [6.45, 7) is 5.00. The number of ether oxygens (including phenoxy) is 1. The molecule has 2 bridgehead atoms. The fourth-order valence-corrected chi connectivity index (χ4v) is 4.70. The molecule has 1 fully saturated rings. The Labute approximate surface area is 190 Å². The Bertz CT molecular complexity index is 858. The SMILES string of the molecule is O=C1NCCCN(Cc2ccc(Cl)cc2)CCCOc2ccccc2[C@@H]2CCN[C@H]1C2. The molecular weight excluding hydrogens is 410 g/mol. The third-order valence-corrected chi connectivity index (χ3v) is 6.48. The van der Waals surface area contributed by atoms with Crippen molar-refractivity contribution in [2.45, 2.75) is 44.2 Å². The average molecular weight is 442 g/mol. The molecule has 0 aromatic heterocycles. The van der Waals surface area contributed by atoms with Gasteiger partial charge < -0.3 is 15.4 Å². The molecule has 31 heavy (non-hydrogen) atoms. The fraction of sp³-hybridized carbons (Fsp3) is 0.480. The normalized spacial score (nSPS) is 23.6. The van der Waals surface area contributed by atoms with E-state index in [1.54, 1.807) is 0 Å². The summed E-state index contributed by atoms with van der Waals surface area (Å²) in [6.07, 6.45) is 3.73. The maximum atomic E-state index is 12.7. The summed E-state index contributed by atoms with van der Waals surface area (Å²) in [4.78, 5) is 15.2. The van der Waals surface area contributed by atoms with E-state index in [1.807, 2.05) is 18.2 Å². The van der Waals surface area contributed by atoms with Crippen LogP contribution in [0, 0.1) is 0 Å². The zero-order valence-corrected chi connectivity index (χ0v) is 18.7. The Morgan fingerprint density at radius 2 is 1.84 bits per heavy atom. The minimum atomic E-state index is -0.137. The van der Waals surface area contributed by atoms with Crippen LogP contribution in [0.15, 0.2) is 48.5 Å². The number of carbonyl (C=O) groups is 1. The van der Waals surface area contributed by atoms with Gasteiger partial charge in [0.15, 0.2) is 0 Å². The number of rotatable bonds is 2. The summed E-state index contributed by atoms with van der Waals surface area (Å²) >= 11 is 6.04. The van der Waals surface area contributed by atoms with Crippen molar-refractivity contribution in [3.05, 3.63) is 64.7 Å². The summed E-state index contributed by atoms with van der Waals surface area (Å²) in [6, 6.07) is 16.2. The molecule has 1 amide bonds. The molecule has 2 aromatic rings. The zero-order chi connectivity index (χ0) is 21.5. The Balaban J connectivity index is 1.46. The quantitative estimate of drug-likeness (QED) is 0.740. The number of nitrogens with zero attached hydrogens (tertiary/aromatic N) is 1. The van der Waals surface area contributed by atoms with Crippen LogP contribution in [0.4, 0.5) is 0 Å². The first-order chi connectivity index (χ1) is 15.2. The highest BCUT2D eigenvalue weighted by Crippen LogP contribution is 2.34. The van der Waals surface area contributed by atoms with Crippen molar-refractivity contribution in [3.63, 3.8) is 0 Å². The van der Waals surface area contributed by atoms with Gasteiger partial charge in [-0.15, -0.1) is 0 Å². The number of benzene rings is 2. The molecule has 4 rings (SSSR count). The molecule has 5 nitrogen and oxygen atoms in total. The number of halogens is 1. The van der Waals surface area contributed by atoms with E-state index in [9.17, 15) is 4.79 Å². The van der Waals surface area contributed by atoms with Crippen molar-refractivity contribution >= 4 is 17.5 Å². The van der Waals surface area contributed by atoms with Gasteiger partial charge in [-0.05, 0) is 67.5 Å². The van der Waals surface area contributed by atoms with E-state index in [1.165, 1.54) is 11.1 Å². The van der Waals surface area contributed by atoms with Crippen molar-refractivity contribution in [2.75, 3.05) is 32.8 Å². The second kappa shape index (κ2) is 11.0. The van der Waals surface area contributed by atoms with E-state index in [4.69, 9.17) is 16.3 Å². The van der Waals surface area contributed by atoms with Crippen molar-refractivity contribution in [1.82, 2.24) is 15.5 Å². The van der Waals surface area contributed by atoms with Gasteiger partial charge in [0.05, 0.1) is 12.6 Å². The Morgan fingerprint density at radius 3 is 2.71 bits per heavy atom. The van der Waals surface area contributed by atoms with Crippen LogP contribution in [0.1, 0.15) is 42.7 Å². The van der Waals surface area contributed by atoms with Crippen LogP contribution in [-0.4, -0.2) is 49.6 Å². The third-order valence-electron chi connectivity index (χ3n) is 6.23. The lowest BCUT2D eigenvalue weighted by atomic mass is 9.85. The van der Waals surface area contributed by atoms with Crippen molar-refractivity contribution in [1.29, 1.82) is 0 Å². The predicted octanol–water partition coefficient (Wildman–Crippen LogP) is 3.97. The molecule has 2 aromatic carbocycles. The number of para-hydroxylation sites is 1. The van der Waals surface area contributed by atoms with E-state index in [0.29, 0.717) is 19.1 Å². The molecule has 0 saturated carbocycles. The Morgan fingerprint density at radius 1 is 1.03 bits per heavy atom. The maximum Gasteiger partial charge on any atom is 0.237 e. The van der Waals surface area contributed by atoms with Crippen LogP contribution in [-0.2, 0) is 11.3 Å². The van der Waals surface area contributed by atoms with Gasteiger partial charge >= 0.3 is 0 Å². The smallest absolute Gasteiger partial charge is 0.237 e. The number of fused-ring (bicyclic) bond motifs is 4. The van der Waals surface area contributed by atoms with Gasteiger partial charge in [0.2, 0.25) is 5.91 Å². The molecular formula is C25H32ClN3O2. The minimum absolute atomic E-state index is 0.113. The third kappa shape index (κ3) is 6.22. The first-order valence-electron chi connectivity index (χ1n) is 11.4. The van der Waals surface area contributed by atoms with Crippen LogP contribution >= 0.6 is 11.6 Å². The summed E-state index contributed by atoms with van der Waals surface area (Å²) in [5, 5.41) is 7.30. The van der Waals surface area contributed by atoms with E-state index in [0.717, 1.165) is 62.6 Å².